The van der Waals surface area contributed by atoms with Crippen LogP contribution < -0.4 is 30.4 Å². The Morgan fingerprint density at radius 3 is 1.37 bits per heavy atom. The molecule has 0 spiro atoms. The Labute approximate surface area is 491 Å². The minimum atomic E-state index is -1.05. The predicted octanol–water partition coefficient (Wildman–Crippen LogP) is 13.4. The third kappa shape index (κ3) is 18.7. The Morgan fingerprint density at radius 2 is 0.817 bits per heavy atom. The third-order valence-electron chi connectivity index (χ3n) is 14.1. The van der Waals surface area contributed by atoms with E-state index in [1.165, 1.54) is 0 Å². The Kier molecular flexibility index (Phi) is 22.0. The van der Waals surface area contributed by atoms with Crippen molar-refractivity contribution in [2.24, 2.45) is 11.5 Å². The zero-order valence-electron chi connectivity index (χ0n) is 46.7. The molecule has 0 saturated carbocycles. The van der Waals surface area contributed by atoms with Crippen molar-refractivity contribution in [3.05, 3.63) is 258 Å². The van der Waals surface area contributed by atoms with Crippen LogP contribution in [0.3, 0.4) is 0 Å². The number of ether oxygens (including phenoxy) is 4. The van der Waals surface area contributed by atoms with Crippen molar-refractivity contribution in [2.45, 2.75) is 105 Å². The number of halogens is 2. The average molecular weight is 1140 g/mol. The Morgan fingerprint density at radius 1 is 0.415 bits per heavy atom. The largest absolute Gasteiger partial charge is 0.489 e. The van der Waals surface area contributed by atoms with Gasteiger partial charge in [-0.05, 0) is 116 Å². The van der Waals surface area contributed by atoms with Crippen molar-refractivity contribution >= 4 is 35.1 Å². The number of rotatable bonds is 30. The quantitative estimate of drug-likeness (QED) is 0.0337. The van der Waals surface area contributed by atoms with Gasteiger partial charge in [-0.25, -0.2) is 0 Å². The summed E-state index contributed by atoms with van der Waals surface area (Å²) in [5.41, 5.74) is 25.6. The highest BCUT2D eigenvalue weighted by Crippen LogP contribution is 2.31. The van der Waals surface area contributed by atoms with Gasteiger partial charge in [0.2, 0.25) is 0 Å². The SMILES string of the molecule is Cc1cccc(COc2ccccc2CN(CC[C@H](N)C(=O)O)Cc2cc(Cl)ccc2OCc2cccc(Cc3cc(C)cc(COc4ccccc4CN(CC[C@H](N)C(=O)O)Cc4ccc(Cl)cc4OCc4cccc(C)c4)c3)c2)c1. The first kappa shape index (κ1) is 60.4. The molecular formula is C68H72Cl2N4O8. The van der Waals surface area contributed by atoms with Crippen LogP contribution in [0.4, 0.5) is 0 Å². The molecule has 8 aromatic rings. The Bertz CT molecular complexity index is 3430. The number of carboxylic acids is 2. The van der Waals surface area contributed by atoms with Crippen LogP contribution in [0.2, 0.25) is 10.0 Å². The molecule has 0 radical (unpaired) electrons. The molecule has 12 nitrogen and oxygen atoms in total. The van der Waals surface area contributed by atoms with E-state index in [2.05, 4.69) is 78.2 Å². The van der Waals surface area contributed by atoms with E-state index in [1.807, 2.05) is 128 Å². The van der Waals surface area contributed by atoms with Crippen LogP contribution in [-0.4, -0.2) is 57.1 Å². The van der Waals surface area contributed by atoms with E-state index < -0.39 is 24.0 Å². The molecule has 0 aromatic heterocycles. The first-order valence-electron chi connectivity index (χ1n) is 27.5. The van der Waals surface area contributed by atoms with Crippen LogP contribution in [0.25, 0.3) is 0 Å². The lowest BCUT2D eigenvalue weighted by atomic mass is 9.99. The van der Waals surface area contributed by atoms with Gasteiger partial charge in [0, 0.05) is 71.6 Å². The van der Waals surface area contributed by atoms with Crippen molar-refractivity contribution in [1.29, 1.82) is 0 Å². The van der Waals surface area contributed by atoms with Crippen LogP contribution in [-0.2, 0) is 68.6 Å². The van der Waals surface area contributed by atoms with Crippen molar-refractivity contribution in [3.8, 4) is 23.0 Å². The summed E-state index contributed by atoms with van der Waals surface area (Å²) in [6, 6.07) is 56.3. The number of para-hydroxylation sites is 2. The van der Waals surface area contributed by atoms with E-state index in [0.29, 0.717) is 93.7 Å². The lowest BCUT2D eigenvalue weighted by Crippen LogP contribution is -2.35. The number of benzene rings is 8. The van der Waals surface area contributed by atoms with Crippen molar-refractivity contribution in [1.82, 2.24) is 9.80 Å². The standard InChI is InChI=1S/C68H72Cl2N4O8/c1-46-11-8-14-50(29-46)42-79-63-19-6-4-18-56(63)39-74(28-26-62(72)68(77)78)41-58-36-59(69)23-24-65(58)80-44-52-16-10-13-49(33-52)34-53-31-48(3)32-54(35-53)45-81-64-20-7-5-17-55(64)38-73(27-25-61(71)67(75)76)40-57-21-22-60(70)37-66(57)82-43-51-15-9-12-47(2)30-51/h4-24,29-33,35-37,61-62H,25-28,34,38-45,71-72H2,1-3H3,(H,75,76)(H,77,78)/t61-,62-/m0/s1. The summed E-state index contributed by atoms with van der Waals surface area (Å²) in [5.74, 6) is 0.696. The molecule has 8 rings (SSSR count). The normalized spacial score (nSPS) is 12.1. The molecule has 0 unspecified atom stereocenters. The highest BCUT2D eigenvalue weighted by molar-refractivity contribution is 6.31. The smallest absolute Gasteiger partial charge is 0.320 e. The fraction of sp³-hybridized carbons (Fsp3) is 0.265. The van der Waals surface area contributed by atoms with Gasteiger partial charge in [-0.15, -0.1) is 0 Å². The van der Waals surface area contributed by atoms with Gasteiger partial charge in [0.1, 0.15) is 61.5 Å². The fourth-order valence-corrected chi connectivity index (χ4v) is 10.2. The molecule has 14 heteroatoms. The van der Waals surface area contributed by atoms with Crippen LogP contribution >= 0.6 is 23.2 Å². The first-order chi connectivity index (χ1) is 39.6. The number of aryl methyl sites for hydroxylation is 3. The van der Waals surface area contributed by atoms with Crippen molar-refractivity contribution in [3.63, 3.8) is 0 Å². The predicted molar refractivity (Wildman–Crippen MR) is 325 cm³/mol. The van der Waals surface area contributed by atoms with Gasteiger partial charge in [0.25, 0.3) is 0 Å². The minimum Gasteiger partial charge on any atom is -0.489 e. The maximum absolute atomic E-state index is 11.8. The second-order valence-electron chi connectivity index (χ2n) is 21.1. The third-order valence-corrected chi connectivity index (χ3v) is 14.5. The molecule has 0 bridgehead atoms. The Hall–Kier alpha value is -7.68. The van der Waals surface area contributed by atoms with Gasteiger partial charge in [-0.2, -0.15) is 0 Å². The molecule has 6 N–H and O–H groups in total. The molecule has 0 amide bonds. The maximum atomic E-state index is 11.8. The summed E-state index contributed by atoms with van der Waals surface area (Å²) in [5, 5.41) is 20.5. The summed E-state index contributed by atoms with van der Waals surface area (Å²) >= 11 is 13.1. The summed E-state index contributed by atoms with van der Waals surface area (Å²) in [6.45, 7) is 10.2. The molecule has 0 aliphatic heterocycles. The van der Waals surface area contributed by atoms with Crippen LogP contribution in [0.5, 0.6) is 23.0 Å². The molecule has 426 valence electrons. The zero-order valence-corrected chi connectivity index (χ0v) is 48.3. The second-order valence-corrected chi connectivity index (χ2v) is 21.9. The number of carbonyl (C=O) groups is 2. The highest BCUT2D eigenvalue weighted by Gasteiger charge is 2.21. The van der Waals surface area contributed by atoms with Gasteiger partial charge in [0.05, 0.1) is 0 Å². The van der Waals surface area contributed by atoms with E-state index in [9.17, 15) is 19.8 Å². The second kappa shape index (κ2) is 29.9. The molecule has 82 heavy (non-hydrogen) atoms. The van der Waals surface area contributed by atoms with E-state index in [-0.39, 0.29) is 12.8 Å². The monoisotopic (exact) mass is 1140 g/mol. The van der Waals surface area contributed by atoms with E-state index in [4.69, 9.17) is 53.6 Å². The number of hydrogen-bond acceptors (Lipinski definition) is 10. The molecule has 8 aromatic carbocycles. The molecule has 0 aliphatic carbocycles. The number of carboxylic acid groups (broad SMARTS) is 2. The van der Waals surface area contributed by atoms with Crippen molar-refractivity contribution < 1.29 is 38.7 Å². The number of aliphatic carboxylic acids is 2. The highest BCUT2D eigenvalue weighted by atomic mass is 35.5. The minimum absolute atomic E-state index is 0.239. The molecule has 0 heterocycles. The van der Waals surface area contributed by atoms with E-state index in [0.717, 1.165) is 83.8 Å². The lowest BCUT2D eigenvalue weighted by molar-refractivity contribution is -0.139. The Balaban J connectivity index is 0.923. The van der Waals surface area contributed by atoms with Gasteiger partial charge in [0.15, 0.2) is 0 Å². The summed E-state index contributed by atoms with van der Waals surface area (Å²) in [6.07, 6.45) is 1.17. The first-order valence-corrected chi connectivity index (χ1v) is 28.3. The van der Waals surface area contributed by atoms with E-state index >= 15 is 0 Å². The van der Waals surface area contributed by atoms with Crippen LogP contribution in [0, 0.1) is 20.8 Å². The fourth-order valence-electron chi connectivity index (χ4n) is 9.88. The van der Waals surface area contributed by atoms with Gasteiger partial charge >= 0.3 is 11.9 Å². The number of nitrogens with zero attached hydrogens (tertiary/aromatic N) is 2. The molecule has 0 saturated heterocycles. The number of hydrogen-bond donors (Lipinski definition) is 4. The van der Waals surface area contributed by atoms with Crippen LogP contribution in [0.15, 0.2) is 176 Å². The molecule has 0 aliphatic rings. The maximum Gasteiger partial charge on any atom is 0.320 e. The van der Waals surface area contributed by atoms with Crippen LogP contribution in [0.1, 0.15) is 85.2 Å². The summed E-state index contributed by atoms with van der Waals surface area (Å²) in [4.78, 5) is 28.0. The average Bonchev–Trinajstić information content (AvgIpc) is 3.59. The summed E-state index contributed by atoms with van der Waals surface area (Å²) in [7, 11) is 0. The number of nitrogens with two attached hydrogens (primary N) is 2. The summed E-state index contributed by atoms with van der Waals surface area (Å²) < 4.78 is 25.9. The van der Waals surface area contributed by atoms with Gasteiger partial charge in [-0.3, -0.25) is 19.4 Å². The zero-order chi connectivity index (χ0) is 58.0. The molecular weight excluding hydrogens is 1070 g/mol. The topological polar surface area (TPSA) is 170 Å². The lowest BCUT2D eigenvalue weighted by Gasteiger charge is -2.26. The van der Waals surface area contributed by atoms with E-state index in [1.54, 1.807) is 0 Å². The van der Waals surface area contributed by atoms with Gasteiger partial charge < -0.3 is 40.6 Å². The molecule has 2 atom stereocenters. The van der Waals surface area contributed by atoms with Gasteiger partial charge in [-0.1, -0.05) is 173 Å². The molecule has 0 fully saturated rings. The van der Waals surface area contributed by atoms with Crippen molar-refractivity contribution in [2.75, 3.05) is 13.1 Å².